The van der Waals surface area contributed by atoms with E-state index in [0.29, 0.717) is 35.4 Å². The molecule has 0 radical (unpaired) electrons. The SMILES string of the molecule is CC(C#N)(NC(=O)CNc1cc2c(cc1Cl)OCCCO2)C1CC1. The number of hydrogen-bond acceptors (Lipinski definition) is 5. The Morgan fingerprint density at radius 3 is 2.67 bits per heavy atom. The van der Waals surface area contributed by atoms with E-state index in [0.717, 1.165) is 19.3 Å². The van der Waals surface area contributed by atoms with E-state index in [4.69, 9.17) is 21.1 Å². The van der Waals surface area contributed by atoms with Crippen LogP contribution < -0.4 is 20.1 Å². The number of nitrogens with one attached hydrogen (secondary N) is 2. The minimum Gasteiger partial charge on any atom is -0.490 e. The highest BCUT2D eigenvalue weighted by Gasteiger charge is 2.42. The molecule has 0 bridgehead atoms. The van der Waals surface area contributed by atoms with Gasteiger partial charge in [-0.25, -0.2) is 0 Å². The number of anilines is 1. The number of ether oxygens (including phenoxy) is 2. The van der Waals surface area contributed by atoms with Crippen molar-refractivity contribution in [1.82, 2.24) is 5.32 Å². The summed E-state index contributed by atoms with van der Waals surface area (Å²) in [5.41, 5.74) is -0.200. The lowest BCUT2D eigenvalue weighted by Crippen LogP contribution is -2.48. The number of benzene rings is 1. The third kappa shape index (κ3) is 3.68. The smallest absolute Gasteiger partial charge is 0.240 e. The molecule has 1 atom stereocenters. The summed E-state index contributed by atoms with van der Waals surface area (Å²) in [6.07, 6.45) is 2.77. The van der Waals surface area contributed by atoms with Crippen molar-refractivity contribution in [2.24, 2.45) is 5.92 Å². The standard InChI is InChI=1S/C17H20ClN3O3/c1-17(10-19,11-3-4-11)21-16(22)9-20-13-8-15-14(7-12(13)18)23-5-2-6-24-15/h7-8,11,20H,2-6,9H2,1H3,(H,21,22). The number of carbonyl (C=O) groups is 1. The van der Waals surface area contributed by atoms with Crippen LogP contribution >= 0.6 is 11.6 Å². The lowest BCUT2D eigenvalue weighted by molar-refractivity contribution is -0.120. The number of rotatable bonds is 5. The number of fused-ring (bicyclic) bond motifs is 1. The van der Waals surface area contributed by atoms with Crippen LogP contribution in [0.25, 0.3) is 0 Å². The molecule has 24 heavy (non-hydrogen) atoms. The summed E-state index contributed by atoms with van der Waals surface area (Å²) in [6.45, 7) is 2.97. The molecule has 1 saturated carbocycles. The van der Waals surface area contributed by atoms with E-state index in [9.17, 15) is 10.1 Å². The minimum atomic E-state index is -0.798. The largest absolute Gasteiger partial charge is 0.490 e. The van der Waals surface area contributed by atoms with Gasteiger partial charge in [0.05, 0.1) is 36.5 Å². The van der Waals surface area contributed by atoms with Crippen molar-refractivity contribution in [3.05, 3.63) is 17.2 Å². The number of nitrogens with zero attached hydrogens (tertiary/aromatic N) is 1. The molecular weight excluding hydrogens is 330 g/mol. The predicted molar refractivity (Wildman–Crippen MR) is 90.4 cm³/mol. The summed E-state index contributed by atoms with van der Waals surface area (Å²) in [5, 5.41) is 15.6. The van der Waals surface area contributed by atoms with Gasteiger partial charge in [0.1, 0.15) is 5.54 Å². The number of nitriles is 1. The first-order valence-electron chi connectivity index (χ1n) is 8.07. The van der Waals surface area contributed by atoms with Crippen LogP contribution in [0.3, 0.4) is 0 Å². The van der Waals surface area contributed by atoms with Crippen molar-refractivity contribution < 1.29 is 14.3 Å². The molecule has 2 N–H and O–H groups in total. The molecule has 3 rings (SSSR count). The summed E-state index contributed by atoms with van der Waals surface area (Å²) >= 11 is 6.24. The van der Waals surface area contributed by atoms with Crippen molar-refractivity contribution in [2.75, 3.05) is 25.1 Å². The van der Waals surface area contributed by atoms with Gasteiger partial charge in [-0.1, -0.05) is 11.6 Å². The number of hydrogen-bond donors (Lipinski definition) is 2. The Morgan fingerprint density at radius 1 is 1.38 bits per heavy atom. The van der Waals surface area contributed by atoms with Crippen molar-refractivity contribution in [3.8, 4) is 17.6 Å². The first-order valence-corrected chi connectivity index (χ1v) is 8.45. The van der Waals surface area contributed by atoms with Gasteiger partial charge in [0.25, 0.3) is 0 Å². The fourth-order valence-electron chi connectivity index (χ4n) is 2.71. The highest BCUT2D eigenvalue weighted by Crippen LogP contribution is 2.39. The average Bonchev–Trinajstić information content (AvgIpc) is 3.40. The Morgan fingerprint density at radius 2 is 2.04 bits per heavy atom. The Bertz CT molecular complexity index is 684. The Kier molecular flexibility index (Phi) is 4.72. The van der Waals surface area contributed by atoms with E-state index < -0.39 is 5.54 Å². The van der Waals surface area contributed by atoms with Crippen LogP contribution in [-0.2, 0) is 4.79 Å². The zero-order valence-corrected chi connectivity index (χ0v) is 14.3. The van der Waals surface area contributed by atoms with Gasteiger partial charge in [-0.15, -0.1) is 0 Å². The van der Waals surface area contributed by atoms with E-state index in [-0.39, 0.29) is 18.4 Å². The molecule has 6 nitrogen and oxygen atoms in total. The predicted octanol–water partition coefficient (Wildman–Crippen LogP) is 2.72. The quantitative estimate of drug-likeness (QED) is 0.854. The van der Waals surface area contributed by atoms with E-state index >= 15 is 0 Å². The topological polar surface area (TPSA) is 83.4 Å². The van der Waals surface area contributed by atoms with E-state index in [1.165, 1.54) is 0 Å². The van der Waals surface area contributed by atoms with Gasteiger partial charge < -0.3 is 20.1 Å². The molecule has 1 aliphatic heterocycles. The van der Waals surface area contributed by atoms with Crippen LogP contribution in [0.15, 0.2) is 12.1 Å². The first kappa shape index (κ1) is 16.7. The Labute approximate surface area is 146 Å². The summed E-state index contributed by atoms with van der Waals surface area (Å²) < 4.78 is 11.2. The summed E-state index contributed by atoms with van der Waals surface area (Å²) in [7, 11) is 0. The summed E-state index contributed by atoms with van der Waals surface area (Å²) in [6, 6.07) is 5.63. The van der Waals surface area contributed by atoms with Crippen molar-refractivity contribution in [1.29, 1.82) is 5.26 Å². The highest BCUT2D eigenvalue weighted by atomic mass is 35.5. The van der Waals surface area contributed by atoms with Crippen LogP contribution in [0.4, 0.5) is 5.69 Å². The number of amides is 1. The Hall–Kier alpha value is -2.13. The summed E-state index contributed by atoms with van der Waals surface area (Å²) in [4.78, 5) is 12.2. The molecule has 1 aromatic rings. The number of halogens is 1. The third-order valence-corrected chi connectivity index (χ3v) is 4.61. The van der Waals surface area contributed by atoms with Gasteiger partial charge in [0, 0.05) is 18.6 Å². The van der Waals surface area contributed by atoms with E-state index in [2.05, 4.69) is 16.7 Å². The van der Waals surface area contributed by atoms with Gasteiger partial charge in [-0.2, -0.15) is 5.26 Å². The number of carbonyl (C=O) groups excluding carboxylic acids is 1. The second-order valence-electron chi connectivity index (χ2n) is 6.32. The second kappa shape index (κ2) is 6.78. The van der Waals surface area contributed by atoms with Crippen molar-refractivity contribution in [2.45, 2.75) is 31.7 Å². The maximum absolute atomic E-state index is 12.2. The molecule has 1 amide bonds. The highest BCUT2D eigenvalue weighted by molar-refractivity contribution is 6.33. The molecule has 0 saturated heterocycles. The fraction of sp³-hybridized carbons (Fsp3) is 0.529. The first-order chi connectivity index (χ1) is 11.5. The van der Waals surface area contributed by atoms with Crippen LogP contribution in [0.1, 0.15) is 26.2 Å². The Balaban J connectivity index is 1.63. The molecule has 1 heterocycles. The molecule has 0 spiro atoms. The molecule has 1 aliphatic carbocycles. The molecule has 1 aromatic carbocycles. The van der Waals surface area contributed by atoms with Gasteiger partial charge >= 0.3 is 0 Å². The van der Waals surface area contributed by atoms with Gasteiger partial charge in [-0.05, 0) is 25.7 Å². The van der Waals surface area contributed by atoms with Crippen LogP contribution in [0, 0.1) is 17.2 Å². The molecule has 128 valence electrons. The normalized spacial score (nSPS) is 18.7. The average molecular weight is 350 g/mol. The molecule has 1 unspecified atom stereocenters. The molecule has 7 heteroatoms. The lowest BCUT2D eigenvalue weighted by atomic mass is 9.98. The van der Waals surface area contributed by atoms with E-state index in [1.807, 2.05) is 0 Å². The second-order valence-corrected chi connectivity index (χ2v) is 6.73. The van der Waals surface area contributed by atoms with Gasteiger partial charge in [-0.3, -0.25) is 4.79 Å². The van der Waals surface area contributed by atoms with Crippen LogP contribution in [0.5, 0.6) is 11.5 Å². The monoisotopic (exact) mass is 349 g/mol. The third-order valence-electron chi connectivity index (χ3n) is 4.30. The van der Waals surface area contributed by atoms with Crippen LogP contribution in [0.2, 0.25) is 5.02 Å². The molecule has 0 aromatic heterocycles. The molecule has 2 aliphatic rings. The van der Waals surface area contributed by atoms with Gasteiger partial charge in [0.2, 0.25) is 5.91 Å². The lowest BCUT2D eigenvalue weighted by Gasteiger charge is -2.23. The van der Waals surface area contributed by atoms with Crippen molar-refractivity contribution >= 4 is 23.2 Å². The van der Waals surface area contributed by atoms with Gasteiger partial charge in [0.15, 0.2) is 11.5 Å². The molecule has 1 fully saturated rings. The molecular formula is C17H20ClN3O3. The van der Waals surface area contributed by atoms with Crippen LogP contribution in [-0.4, -0.2) is 31.2 Å². The minimum absolute atomic E-state index is 0.0311. The zero-order chi connectivity index (χ0) is 17.2. The van der Waals surface area contributed by atoms with Crippen molar-refractivity contribution in [3.63, 3.8) is 0 Å². The summed E-state index contributed by atoms with van der Waals surface area (Å²) in [5.74, 6) is 1.22. The zero-order valence-electron chi connectivity index (χ0n) is 13.5. The fourth-order valence-corrected chi connectivity index (χ4v) is 2.93. The maximum atomic E-state index is 12.2. The van der Waals surface area contributed by atoms with E-state index in [1.54, 1.807) is 19.1 Å². The maximum Gasteiger partial charge on any atom is 0.240 e.